The Morgan fingerprint density at radius 3 is 2.26 bits per heavy atom. The summed E-state index contributed by atoms with van der Waals surface area (Å²) in [7, 11) is -3.56. The lowest BCUT2D eigenvalue weighted by atomic mass is 9.92. The summed E-state index contributed by atoms with van der Waals surface area (Å²) >= 11 is 1.07. The van der Waals surface area contributed by atoms with Gasteiger partial charge in [0.05, 0.1) is 9.77 Å². The minimum absolute atomic E-state index is 0. The monoisotopic (exact) mass is 426 g/mol. The van der Waals surface area contributed by atoms with Crippen LogP contribution in [0.5, 0.6) is 0 Å². The molecule has 1 aromatic carbocycles. The second-order valence-electron chi connectivity index (χ2n) is 6.98. The van der Waals surface area contributed by atoms with Gasteiger partial charge < -0.3 is 10.2 Å². The summed E-state index contributed by atoms with van der Waals surface area (Å²) in [5, 5.41) is 3.44. The molecule has 5 nitrogen and oxygen atoms in total. The maximum absolute atomic E-state index is 12.9. The number of carbonyl (C=O) groups is 1. The zero-order chi connectivity index (χ0) is 18.1. The Hall–Kier alpha value is -1.41. The molecule has 3 heterocycles. The number of nitrogens with zero attached hydrogens (tertiary/aromatic N) is 1. The number of sulfone groups is 1. The first kappa shape index (κ1) is 20.3. The number of likely N-dealkylation sites (tertiary alicyclic amines) is 1. The Kier molecular flexibility index (Phi) is 6.25. The van der Waals surface area contributed by atoms with Crippen molar-refractivity contribution in [1.29, 1.82) is 0 Å². The topological polar surface area (TPSA) is 66.5 Å². The molecule has 0 radical (unpaired) electrons. The van der Waals surface area contributed by atoms with Crippen LogP contribution in [-0.4, -0.2) is 45.4 Å². The van der Waals surface area contributed by atoms with E-state index in [-0.39, 0.29) is 27.4 Å². The van der Waals surface area contributed by atoms with Gasteiger partial charge in [0, 0.05) is 13.1 Å². The van der Waals surface area contributed by atoms with E-state index in [1.807, 2.05) is 4.90 Å². The maximum atomic E-state index is 12.9. The number of benzene rings is 1. The van der Waals surface area contributed by atoms with Crippen molar-refractivity contribution in [3.8, 4) is 0 Å². The molecule has 1 N–H and O–H groups in total. The Morgan fingerprint density at radius 1 is 1.00 bits per heavy atom. The smallest absolute Gasteiger partial charge is 0.263 e. The first-order valence-electron chi connectivity index (χ1n) is 8.95. The highest BCUT2D eigenvalue weighted by Gasteiger charge is 2.32. The van der Waals surface area contributed by atoms with Crippen molar-refractivity contribution < 1.29 is 13.2 Å². The summed E-state index contributed by atoms with van der Waals surface area (Å²) in [6.45, 7) is 3.59. The summed E-state index contributed by atoms with van der Waals surface area (Å²) in [5.41, 5.74) is 0. The molecule has 0 bridgehead atoms. The van der Waals surface area contributed by atoms with Gasteiger partial charge in [0.1, 0.15) is 4.21 Å². The molecule has 2 aromatic rings. The third-order valence-corrected chi connectivity index (χ3v) is 8.75. The van der Waals surface area contributed by atoms with Crippen molar-refractivity contribution in [3.63, 3.8) is 0 Å². The van der Waals surface area contributed by atoms with Gasteiger partial charge in [-0.15, -0.1) is 23.7 Å². The molecule has 2 fully saturated rings. The largest absolute Gasteiger partial charge is 0.338 e. The number of thiophene rings is 1. The molecular weight excluding hydrogens is 404 g/mol. The van der Waals surface area contributed by atoms with Crippen LogP contribution in [-0.2, 0) is 9.84 Å². The van der Waals surface area contributed by atoms with Crippen molar-refractivity contribution in [2.45, 2.75) is 21.9 Å². The van der Waals surface area contributed by atoms with Crippen LogP contribution in [0.2, 0.25) is 0 Å². The highest BCUT2D eigenvalue weighted by Crippen LogP contribution is 2.31. The zero-order valence-electron chi connectivity index (χ0n) is 14.8. The van der Waals surface area contributed by atoms with Crippen LogP contribution in [0, 0.1) is 11.8 Å². The maximum Gasteiger partial charge on any atom is 0.263 e. The molecule has 27 heavy (non-hydrogen) atoms. The van der Waals surface area contributed by atoms with Gasteiger partial charge in [0.2, 0.25) is 9.84 Å². The van der Waals surface area contributed by atoms with Crippen LogP contribution in [0.1, 0.15) is 22.5 Å². The van der Waals surface area contributed by atoms with Crippen LogP contribution in [0.25, 0.3) is 0 Å². The number of hydrogen-bond acceptors (Lipinski definition) is 5. The van der Waals surface area contributed by atoms with Crippen molar-refractivity contribution >= 4 is 39.5 Å². The second-order valence-corrected chi connectivity index (χ2v) is 10.2. The van der Waals surface area contributed by atoms with Gasteiger partial charge in [-0.05, 0) is 62.0 Å². The minimum Gasteiger partial charge on any atom is -0.338 e. The van der Waals surface area contributed by atoms with E-state index in [4.69, 9.17) is 0 Å². The van der Waals surface area contributed by atoms with E-state index in [0.29, 0.717) is 16.7 Å². The molecule has 8 heteroatoms. The fraction of sp³-hybridized carbons (Fsp3) is 0.421. The van der Waals surface area contributed by atoms with E-state index in [9.17, 15) is 13.2 Å². The molecule has 1 amide bonds. The van der Waals surface area contributed by atoms with Crippen molar-refractivity contribution in [2.75, 3.05) is 26.2 Å². The number of amides is 1. The van der Waals surface area contributed by atoms with Crippen molar-refractivity contribution in [3.05, 3.63) is 47.3 Å². The van der Waals surface area contributed by atoms with Gasteiger partial charge in [0.25, 0.3) is 5.91 Å². The molecule has 2 atom stereocenters. The fourth-order valence-electron chi connectivity index (χ4n) is 3.87. The lowest BCUT2D eigenvalue weighted by Gasteiger charge is -2.20. The van der Waals surface area contributed by atoms with Crippen LogP contribution in [0.3, 0.4) is 0 Å². The Balaban J connectivity index is 0.00000210. The molecule has 0 aliphatic carbocycles. The highest BCUT2D eigenvalue weighted by atomic mass is 35.5. The van der Waals surface area contributed by atoms with Gasteiger partial charge in [-0.25, -0.2) is 8.42 Å². The summed E-state index contributed by atoms with van der Waals surface area (Å²) in [6, 6.07) is 11.6. The molecule has 1 aromatic heterocycles. The standard InChI is InChI=1S/C19H22N2O3S2.ClH/c22-19(21-10-8-14-12-20-13-15(14)9-11-21)17-6-7-18(25-17)26(23,24)16-4-2-1-3-5-16;/h1-7,14-15,20H,8-13H2;1H/t14-,15+;. The summed E-state index contributed by atoms with van der Waals surface area (Å²) < 4.78 is 25.6. The number of hydrogen-bond donors (Lipinski definition) is 1. The van der Waals surface area contributed by atoms with Crippen LogP contribution in [0.4, 0.5) is 0 Å². The van der Waals surface area contributed by atoms with E-state index in [1.165, 1.54) is 0 Å². The zero-order valence-corrected chi connectivity index (χ0v) is 17.3. The van der Waals surface area contributed by atoms with E-state index >= 15 is 0 Å². The average Bonchev–Trinajstić information content (AvgIpc) is 3.28. The van der Waals surface area contributed by atoms with Crippen molar-refractivity contribution in [1.82, 2.24) is 10.2 Å². The number of fused-ring (bicyclic) bond motifs is 1. The fourth-order valence-corrected chi connectivity index (χ4v) is 6.57. The third kappa shape index (κ3) is 4.06. The Bertz CT molecular complexity index is 885. The number of rotatable bonds is 3. The first-order valence-corrected chi connectivity index (χ1v) is 11.3. The molecular formula is C19H23ClN2O3S2. The molecule has 0 spiro atoms. The van der Waals surface area contributed by atoms with Gasteiger partial charge in [-0.1, -0.05) is 18.2 Å². The lowest BCUT2D eigenvalue weighted by Crippen LogP contribution is -2.32. The van der Waals surface area contributed by atoms with E-state index in [0.717, 1.165) is 50.4 Å². The van der Waals surface area contributed by atoms with Gasteiger partial charge in [0.15, 0.2) is 0 Å². The normalized spacial score (nSPS) is 22.6. The molecule has 146 valence electrons. The molecule has 2 aliphatic rings. The summed E-state index contributed by atoms with van der Waals surface area (Å²) in [6.07, 6.45) is 2.04. The first-order chi connectivity index (χ1) is 12.6. The second kappa shape index (κ2) is 8.31. The van der Waals surface area contributed by atoms with Crippen LogP contribution < -0.4 is 5.32 Å². The molecule has 4 rings (SSSR count). The SMILES string of the molecule is Cl.O=C(c1ccc(S(=O)(=O)c2ccccc2)s1)N1CC[C@@H]2CNC[C@@H]2CC1. The predicted octanol–water partition coefficient (Wildman–Crippen LogP) is 3.07. The predicted molar refractivity (Wildman–Crippen MR) is 108 cm³/mol. The van der Waals surface area contributed by atoms with Crippen LogP contribution >= 0.6 is 23.7 Å². The Labute approximate surface area is 170 Å². The van der Waals surface area contributed by atoms with Gasteiger partial charge in [-0.3, -0.25) is 4.79 Å². The molecule has 2 aliphatic heterocycles. The molecule has 2 saturated heterocycles. The summed E-state index contributed by atoms with van der Waals surface area (Å²) in [5.74, 6) is 1.27. The lowest BCUT2D eigenvalue weighted by molar-refractivity contribution is 0.0763. The third-order valence-electron chi connectivity index (χ3n) is 5.42. The van der Waals surface area contributed by atoms with Gasteiger partial charge >= 0.3 is 0 Å². The van der Waals surface area contributed by atoms with Crippen molar-refractivity contribution in [2.24, 2.45) is 11.8 Å². The van der Waals surface area contributed by atoms with E-state index in [1.54, 1.807) is 42.5 Å². The number of carbonyl (C=O) groups excluding carboxylic acids is 1. The molecule has 0 unspecified atom stereocenters. The number of halogens is 1. The minimum atomic E-state index is -3.56. The number of nitrogens with one attached hydrogen (secondary N) is 1. The Morgan fingerprint density at radius 2 is 1.63 bits per heavy atom. The van der Waals surface area contributed by atoms with E-state index in [2.05, 4.69) is 5.32 Å². The average molecular weight is 427 g/mol. The van der Waals surface area contributed by atoms with Gasteiger partial charge in [-0.2, -0.15) is 0 Å². The van der Waals surface area contributed by atoms with Crippen LogP contribution in [0.15, 0.2) is 51.6 Å². The quantitative estimate of drug-likeness (QED) is 0.819. The summed E-state index contributed by atoms with van der Waals surface area (Å²) in [4.78, 5) is 15.5. The molecule has 0 saturated carbocycles. The van der Waals surface area contributed by atoms with E-state index < -0.39 is 9.84 Å². The highest BCUT2D eigenvalue weighted by molar-refractivity contribution is 7.93.